The molecule has 0 bridgehead atoms. The number of carbonyl (C=O) groups is 3. The zero-order chi connectivity index (χ0) is 31.5. The van der Waals surface area contributed by atoms with Gasteiger partial charge in [0.25, 0.3) is 5.91 Å². The number of ether oxygens (including phenoxy) is 2. The number of benzene rings is 2. The maximum absolute atomic E-state index is 14.0. The molecule has 244 valence electrons. The average Bonchev–Trinajstić information content (AvgIpc) is 3.55. The Morgan fingerprint density at radius 1 is 0.956 bits per heavy atom. The van der Waals surface area contributed by atoms with Gasteiger partial charge in [-0.3, -0.25) is 14.4 Å². The summed E-state index contributed by atoms with van der Waals surface area (Å²) in [5.41, 5.74) is 0.347. The van der Waals surface area contributed by atoms with E-state index in [1.807, 2.05) is 43.3 Å². The lowest BCUT2D eigenvalue weighted by Gasteiger charge is -2.35. The second kappa shape index (κ2) is 16.2. The minimum Gasteiger partial charge on any atom is -0.494 e. The van der Waals surface area contributed by atoms with E-state index in [0.29, 0.717) is 49.6 Å². The Labute approximate surface area is 267 Å². The summed E-state index contributed by atoms with van der Waals surface area (Å²) in [4.78, 5) is 43.6. The van der Waals surface area contributed by atoms with Crippen molar-refractivity contribution in [3.05, 3.63) is 65.7 Å². The van der Waals surface area contributed by atoms with E-state index in [2.05, 4.69) is 20.9 Å². The highest BCUT2D eigenvalue weighted by molar-refractivity contribution is 6.00. The van der Waals surface area contributed by atoms with Gasteiger partial charge in [-0.1, -0.05) is 49.2 Å². The molecule has 3 amide bonds. The molecule has 45 heavy (non-hydrogen) atoms. The van der Waals surface area contributed by atoms with Gasteiger partial charge in [-0.25, -0.2) is 0 Å². The van der Waals surface area contributed by atoms with E-state index in [1.165, 1.54) is 0 Å². The van der Waals surface area contributed by atoms with Crippen LogP contribution in [0, 0.1) is 11.8 Å². The minimum atomic E-state index is -1.06. The largest absolute Gasteiger partial charge is 0.494 e. The molecule has 5 rings (SSSR count). The second-order valence-corrected chi connectivity index (χ2v) is 13.0. The molecule has 9 heteroatoms. The van der Waals surface area contributed by atoms with Gasteiger partial charge in [0.2, 0.25) is 11.8 Å². The molecule has 1 atom stereocenters. The topological polar surface area (TPSA) is 109 Å². The molecule has 2 aromatic carbocycles. The summed E-state index contributed by atoms with van der Waals surface area (Å²) in [6.45, 7) is 8.00. The molecule has 3 N–H and O–H groups in total. The van der Waals surface area contributed by atoms with Crippen LogP contribution in [0.25, 0.3) is 0 Å². The number of piperidine rings is 1. The second-order valence-electron chi connectivity index (χ2n) is 13.0. The first-order chi connectivity index (χ1) is 21.9. The van der Waals surface area contributed by atoms with E-state index in [1.54, 1.807) is 18.2 Å². The van der Waals surface area contributed by atoms with Crippen molar-refractivity contribution in [2.75, 3.05) is 46.0 Å². The van der Waals surface area contributed by atoms with E-state index in [0.717, 1.165) is 82.9 Å². The van der Waals surface area contributed by atoms with Gasteiger partial charge in [0.1, 0.15) is 17.3 Å². The van der Waals surface area contributed by atoms with Gasteiger partial charge >= 0.3 is 0 Å². The van der Waals surface area contributed by atoms with Crippen LogP contribution in [0.15, 0.2) is 54.6 Å². The van der Waals surface area contributed by atoms with Crippen LogP contribution in [0.3, 0.4) is 0 Å². The molecule has 0 aromatic heterocycles. The Morgan fingerprint density at radius 2 is 1.69 bits per heavy atom. The fourth-order valence-corrected chi connectivity index (χ4v) is 6.96. The summed E-state index contributed by atoms with van der Waals surface area (Å²) in [6.07, 6.45) is 7.50. The van der Waals surface area contributed by atoms with Crippen molar-refractivity contribution in [1.29, 1.82) is 0 Å². The standard InChI is InChI=1S/C36H50N4O5/c1-2-45-31-12-8-11-30(24-31)33(41)39-36(17-6-7-18-36)35(43)38-32(23-27-9-4-3-5-10-27)34(42)37-25-28-13-19-40(20-14-28)26-29-15-21-44-22-16-29/h3-5,8-12,24,28-29,32H,2,6-7,13-23,25-26H2,1H3,(H,37,42)(H,38,43)(H,39,41)/t32-/m1/s1. The molecule has 2 aromatic rings. The smallest absolute Gasteiger partial charge is 0.252 e. The minimum absolute atomic E-state index is 0.180. The van der Waals surface area contributed by atoms with Crippen LogP contribution in [-0.4, -0.2) is 80.2 Å². The van der Waals surface area contributed by atoms with Gasteiger partial charge in [-0.2, -0.15) is 0 Å². The molecule has 2 aliphatic heterocycles. The lowest BCUT2D eigenvalue weighted by molar-refractivity contribution is -0.132. The van der Waals surface area contributed by atoms with Gasteiger partial charge in [0.05, 0.1) is 6.61 Å². The highest BCUT2D eigenvalue weighted by Gasteiger charge is 2.44. The molecule has 2 heterocycles. The Balaban J connectivity index is 1.20. The number of amides is 3. The molecule has 0 spiro atoms. The van der Waals surface area contributed by atoms with Gasteiger partial charge in [0.15, 0.2) is 0 Å². The molecule has 3 fully saturated rings. The molecular formula is C36H50N4O5. The predicted octanol–water partition coefficient (Wildman–Crippen LogP) is 4.11. The number of nitrogens with one attached hydrogen (secondary N) is 3. The predicted molar refractivity (Wildman–Crippen MR) is 174 cm³/mol. The zero-order valence-electron chi connectivity index (χ0n) is 26.7. The quantitative estimate of drug-likeness (QED) is 0.312. The summed E-state index contributed by atoms with van der Waals surface area (Å²) < 4.78 is 11.1. The van der Waals surface area contributed by atoms with Crippen molar-refractivity contribution in [3.63, 3.8) is 0 Å². The van der Waals surface area contributed by atoms with E-state index < -0.39 is 11.6 Å². The third kappa shape index (κ3) is 9.30. The van der Waals surface area contributed by atoms with Crippen LogP contribution in [-0.2, 0) is 20.7 Å². The highest BCUT2D eigenvalue weighted by Crippen LogP contribution is 2.31. The van der Waals surface area contributed by atoms with Crippen LogP contribution in [0.4, 0.5) is 0 Å². The van der Waals surface area contributed by atoms with Crippen LogP contribution in [0.1, 0.15) is 74.2 Å². The number of nitrogens with zero attached hydrogens (tertiary/aromatic N) is 1. The number of rotatable bonds is 13. The first kappa shape index (κ1) is 32.9. The molecule has 9 nitrogen and oxygen atoms in total. The molecule has 0 radical (unpaired) electrons. The Hall–Kier alpha value is -3.43. The van der Waals surface area contributed by atoms with Crippen molar-refractivity contribution in [3.8, 4) is 5.75 Å². The molecule has 2 saturated heterocycles. The van der Waals surface area contributed by atoms with E-state index in [-0.39, 0.29) is 17.7 Å². The van der Waals surface area contributed by atoms with Crippen LogP contribution in [0.5, 0.6) is 5.75 Å². The summed E-state index contributed by atoms with van der Waals surface area (Å²) in [5.74, 6) is 0.958. The summed E-state index contributed by atoms with van der Waals surface area (Å²) in [5, 5.41) is 9.29. The third-order valence-corrected chi connectivity index (χ3v) is 9.69. The zero-order valence-corrected chi connectivity index (χ0v) is 26.7. The fourth-order valence-electron chi connectivity index (χ4n) is 6.96. The Kier molecular flexibility index (Phi) is 11.9. The molecular weight excluding hydrogens is 568 g/mol. The van der Waals surface area contributed by atoms with Gasteiger partial charge < -0.3 is 30.3 Å². The van der Waals surface area contributed by atoms with Gasteiger partial charge in [0, 0.05) is 38.3 Å². The monoisotopic (exact) mass is 618 g/mol. The third-order valence-electron chi connectivity index (χ3n) is 9.69. The van der Waals surface area contributed by atoms with E-state index in [9.17, 15) is 14.4 Å². The molecule has 1 aliphatic carbocycles. The Bertz CT molecular complexity index is 1250. The Morgan fingerprint density at radius 3 is 2.40 bits per heavy atom. The first-order valence-corrected chi connectivity index (χ1v) is 16.9. The lowest BCUT2D eigenvalue weighted by Crippen LogP contribution is -2.61. The van der Waals surface area contributed by atoms with Crippen molar-refractivity contribution in [2.45, 2.75) is 76.3 Å². The first-order valence-electron chi connectivity index (χ1n) is 16.9. The van der Waals surface area contributed by atoms with Crippen molar-refractivity contribution in [2.24, 2.45) is 11.8 Å². The number of hydrogen-bond acceptors (Lipinski definition) is 6. The number of hydrogen-bond donors (Lipinski definition) is 3. The molecule has 0 unspecified atom stereocenters. The van der Waals surface area contributed by atoms with E-state index >= 15 is 0 Å². The fraction of sp³-hybridized carbons (Fsp3) is 0.583. The summed E-state index contributed by atoms with van der Waals surface area (Å²) >= 11 is 0. The summed E-state index contributed by atoms with van der Waals surface area (Å²) in [6, 6.07) is 16.0. The van der Waals surface area contributed by atoms with E-state index in [4.69, 9.17) is 9.47 Å². The van der Waals surface area contributed by atoms with Crippen molar-refractivity contribution >= 4 is 17.7 Å². The maximum atomic E-state index is 14.0. The number of likely N-dealkylation sites (tertiary alicyclic amines) is 1. The number of carbonyl (C=O) groups excluding carboxylic acids is 3. The summed E-state index contributed by atoms with van der Waals surface area (Å²) in [7, 11) is 0. The van der Waals surface area contributed by atoms with Crippen molar-refractivity contribution in [1.82, 2.24) is 20.9 Å². The average molecular weight is 619 g/mol. The van der Waals surface area contributed by atoms with Crippen LogP contribution < -0.4 is 20.7 Å². The molecule has 3 aliphatic rings. The lowest BCUT2D eigenvalue weighted by atomic mass is 9.93. The highest BCUT2D eigenvalue weighted by atomic mass is 16.5. The van der Waals surface area contributed by atoms with Crippen molar-refractivity contribution < 1.29 is 23.9 Å². The van der Waals surface area contributed by atoms with Crippen LogP contribution >= 0.6 is 0 Å². The molecule has 1 saturated carbocycles. The SMILES string of the molecule is CCOc1cccc(C(=O)NC2(C(=O)N[C@H](Cc3ccccc3)C(=O)NCC3CCN(CC4CCOCC4)CC3)CCCC2)c1. The maximum Gasteiger partial charge on any atom is 0.252 e. The van der Waals surface area contributed by atoms with Gasteiger partial charge in [-0.05, 0) is 94.1 Å². The van der Waals surface area contributed by atoms with Crippen LogP contribution in [0.2, 0.25) is 0 Å². The van der Waals surface area contributed by atoms with Gasteiger partial charge in [-0.15, -0.1) is 0 Å². The normalized spacial score (nSPS) is 19.8.